The maximum atomic E-state index is 10.3. The molecule has 1 amide bonds. The fraction of sp³-hybridized carbons (Fsp3) is 0.800. The van der Waals surface area contributed by atoms with Crippen molar-refractivity contribution in [3.63, 3.8) is 0 Å². The number of nitrogens with one attached hydrogen (secondary N) is 1. The van der Waals surface area contributed by atoms with Gasteiger partial charge in [0.1, 0.15) is 6.61 Å². The van der Waals surface area contributed by atoms with Gasteiger partial charge in [-0.25, -0.2) is 4.79 Å². The molecule has 0 bridgehead atoms. The summed E-state index contributed by atoms with van der Waals surface area (Å²) in [5, 5.41) is 11.3. The lowest BCUT2D eigenvalue weighted by atomic mass is 10.2. The molecule has 0 unspecified atom stereocenters. The maximum Gasteiger partial charge on any atom is 0.407 e. The van der Waals surface area contributed by atoms with Gasteiger partial charge in [-0.1, -0.05) is 0 Å². The molecule has 9 heavy (non-hydrogen) atoms. The van der Waals surface area contributed by atoms with Gasteiger partial charge in [0.05, 0.1) is 12.1 Å². The zero-order valence-electron chi connectivity index (χ0n) is 5.13. The SMILES string of the molecule is C[C@H](O)[C@H]1COC(=O)N1. The molecule has 0 radical (unpaired) electrons. The third kappa shape index (κ3) is 1.32. The predicted molar refractivity (Wildman–Crippen MR) is 30.0 cm³/mol. The third-order valence-electron chi connectivity index (χ3n) is 1.28. The molecule has 0 aliphatic carbocycles. The van der Waals surface area contributed by atoms with E-state index in [1.807, 2.05) is 0 Å². The zero-order chi connectivity index (χ0) is 6.85. The van der Waals surface area contributed by atoms with Crippen molar-refractivity contribution in [2.24, 2.45) is 0 Å². The Morgan fingerprint density at radius 3 is 2.89 bits per heavy atom. The molecule has 52 valence electrons. The van der Waals surface area contributed by atoms with Crippen molar-refractivity contribution in [1.29, 1.82) is 0 Å². The molecular weight excluding hydrogens is 122 g/mol. The standard InChI is InChI=1S/C5H9NO3/c1-3(7)4-2-9-5(8)6-4/h3-4,7H,2H2,1H3,(H,6,8)/t3-,4+/m0/s1. The minimum Gasteiger partial charge on any atom is -0.447 e. The summed E-state index contributed by atoms with van der Waals surface area (Å²) in [5.41, 5.74) is 0. The number of hydrogen-bond donors (Lipinski definition) is 2. The quantitative estimate of drug-likeness (QED) is 0.503. The van der Waals surface area contributed by atoms with E-state index in [0.29, 0.717) is 0 Å². The van der Waals surface area contributed by atoms with E-state index >= 15 is 0 Å². The number of hydrogen-bond acceptors (Lipinski definition) is 3. The van der Waals surface area contributed by atoms with E-state index in [4.69, 9.17) is 5.11 Å². The number of carbonyl (C=O) groups is 1. The smallest absolute Gasteiger partial charge is 0.407 e. The van der Waals surface area contributed by atoms with Gasteiger partial charge in [-0.15, -0.1) is 0 Å². The molecule has 0 aromatic rings. The minimum atomic E-state index is -0.531. The molecule has 2 atom stereocenters. The van der Waals surface area contributed by atoms with Crippen LogP contribution in [0.15, 0.2) is 0 Å². The first-order chi connectivity index (χ1) is 4.20. The Kier molecular flexibility index (Phi) is 1.57. The molecule has 1 saturated heterocycles. The van der Waals surface area contributed by atoms with Crippen LogP contribution in [-0.4, -0.2) is 30.0 Å². The monoisotopic (exact) mass is 131 g/mol. The van der Waals surface area contributed by atoms with E-state index in [9.17, 15) is 4.79 Å². The summed E-state index contributed by atoms with van der Waals surface area (Å²) < 4.78 is 4.52. The first-order valence-corrected chi connectivity index (χ1v) is 2.81. The van der Waals surface area contributed by atoms with Gasteiger partial charge in [-0.05, 0) is 6.92 Å². The van der Waals surface area contributed by atoms with Crippen LogP contribution in [0.4, 0.5) is 4.79 Å². The van der Waals surface area contributed by atoms with Crippen molar-refractivity contribution in [2.45, 2.75) is 19.1 Å². The Hall–Kier alpha value is -0.770. The molecule has 1 heterocycles. The van der Waals surface area contributed by atoms with E-state index in [1.165, 1.54) is 0 Å². The average molecular weight is 131 g/mol. The lowest BCUT2D eigenvalue weighted by Crippen LogP contribution is -2.35. The first-order valence-electron chi connectivity index (χ1n) is 2.81. The van der Waals surface area contributed by atoms with E-state index < -0.39 is 12.2 Å². The number of alkyl carbamates (subject to hydrolysis) is 1. The highest BCUT2D eigenvalue weighted by Gasteiger charge is 2.25. The maximum absolute atomic E-state index is 10.3. The van der Waals surface area contributed by atoms with Gasteiger partial charge >= 0.3 is 6.09 Å². The highest BCUT2D eigenvalue weighted by Crippen LogP contribution is 2.00. The second kappa shape index (κ2) is 2.23. The fourth-order valence-electron chi connectivity index (χ4n) is 0.660. The van der Waals surface area contributed by atoms with Crippen LogP contribution >= 0.6 is 0 Å². The predicted octanol–water partition coefficient (Wildman–Crippen LogP) is -0.524. The Morgan fingerprint density at radius 2 is 2.67 bits per heavy atom. The molecule has 0 saturated carbocycles. The molecule has 4 nitrogen and oxygen atoms in total. The highest BCUT2D eigenvalue weighted by molar-refractivity contribution is 5.69. The van der Waals surface area contributed by atoms with Gasteiger partial charge in [-0.3, -0.25) is 0 Å². The lowest BCUT2D eigenvalue weighted by molar-refractivity contribution is 0.139. The zero-order valence-corrected chi connectivity index (χ0v) is 5.13. The van der Waals surface area contributed by atoms with Gasteiger partial charge in [0.25, 0.3) is 0 Å². The molecule has 1 aliphatic heterocycles. The summed E-state index contributed by atoms with van der Waals surface area (Å²) in [4.78, 5) is 10.3. The second-order valence-electron chi connectivity index (χ2n) is 2.09. The van der Waals surface area contributed by atoms with Crippen molar-refractivity contribution < 1.29 is 14.6 Å². The summed E-state index contributed by atoms with van der Waals surface area (Å²) in [6, 6.07) is -0.225. The van der Waals surface area contributed by atoms with Crippen LogP contribution in [0.1, 0.15) is 6.92 Å². The van der Waals surface area contributed by atoms with Crippen molar-refractivity contribution in [3.05, 3.63) is 0 Å². The Bertz CT molecular complexity index is 123. The lowest BCUT2D eigenvalue weighted by Gasteiger charge is -2.08. The number of aliphatic hydroxyl groups is 1. The van der Waals surface area contributed by atoms with Crippen LogP contribution in [-0.2, 0) is 4.74 Å². The molecule has 0 aromatic carbocycles. The van der Waals surface area contributed by atoms with Crippen LogP contribution < -0.4 is 5.32 Å². The van der Waals surface area contributed by atoms with Crippen LogP contribution in [0, 0.1) is 0 Å². The highest BCUT2D eigenvalue weighted by atomic mass is 16.6. The number of cyclic esters (lactones) is 1. The van der Waals surface area contributed by atoms with Crippen molar-refractivity contribution in [3.8, 4) is 0 Å². The van der Waals surface area contributed by atoms with Crippen LogP contribution in [0.3, 0.4) is 0 Å². The minimum absolute atomic E-state index is 0.225. The van der Waals surface area contributed by atoms with Gasteiger partial charge in [-0.2, -0.15) is 0 Å². The van der Waals surface area contributed by atoms with Crippen molar-refractivity contribution in [1.82, 2.24) is 5.32 Å². The molecule has 2 N–H and O–H groups in total. The van der Waals surface area contributed by atoms with Crippen LogP contribution in [0.5, 0.6) is 0 Å². The van der Waals surface area contributed by atoms with E-state index in [2.05, 4.69) is 10.1 Å². The molecule has 1 aliphatic rings. The molecule has 1 rings (SSSR count). The summed E-state index contributed by atoms with van der Waals surface area (Å²) >= 11 is 0. The molecule has 0 aromatic heterocycles. The van der Waals surface area contributed by atoms with Gasteiger partial charge in [0, 0.05) is 0 Å². The third-order valence-corrected chi connectivity index (χ3v) is 1.28. The van der Waals surface area contributed by atoms with Gasteiger partial charge in [0.15, 0.2) is 0 Å². The van der Waals surface area contributed by atoms with E-state index in [-0.39, 0.29) is 12.6 Å². The number of amides is 1. The second-order valence-corrected chi connectivity index (χ2v) is 2.09. The molecule has 1 fully saturated rings. The fourth-order valence-corrected chi connectivity index (χ4v) is 0.660. The van der Waals surface area contributed by atoms with Crippen LogP contribution in [0.25, 0.3) is 0 Å². The normalized spacial score (nSPS) is 29.1. The average Bonchev–Trinajstić information content (AvgIpc) is 2.14. The largest absolute Gasteiger partial charge is 0.447 e. The summed E-state index contributed by atoms with van der Waals surface area (Å²) in [6.07, 6.45) is -0.975. The Morgan fingerprint density at radius 1 is 2.00 bits per heavy atom. The summed E-state index contributed by atoms with van der Waals surface area (Å²) in [7, 11) is 0. The Labute approximate surface area is 52.8 Å². The van der Waals surface area contributed by atoms with Gasteiger partial charge in [0.2, 0.25) is 0 Å². The van der Waals surface area contributed by atoms with Crippen molar-refractivity contribution >= 4 is 6.09 Å². The topological polar surface area (TPSA) is 58.6 Å². The number of aliphatic hydroxyl groups excluding tert-OH is 1. The molecular formula is C5H9NO3. The first kappa shape index (κ1) is 6.35. The van der Waals surface area contributed by atoms with E-state index in [1.54, 1.807) is 6.92 Å². The van der Waals surface area contributed by atoms with E-state index in [0.717, 1.165) is 0 Å². The Balaban J connectivity index is 2.39. The number of rotatable bonds is 1. The summed E-state index contributed by atoms with van der Waals surface area (Å²) in [6.45, 7) is 1.89. The number of carbonyl (C=O) groups excluding carboxylic acids is 1. The molecule has 4 heteroatoms. The van der Waals surface area contributed by atoms with Crippen molar-refractivity contribution in [2.75, 3.05) is 6.61 Å². The molecule has 0 spiro atoms. The summed E-state index contributed by atoms with van der Waals surface area (Å²) in [5.74, 6) is 0. The van der Waals surface area contributed by atoms with Gasteiger partial charge < -0.3 is 15.2 Å². The van der Waals surface area contributed by atoms with Crippen LogP contribution in [0.2, 0.25) is 0 Å². The number of ether oxygens (including phenoxy) is 1.